The molecular weight excluding hydrogens is 408 g/mol. The number of ether oxygens (including phenoxy) is 2. The Morgan fingerprint density at radius 3 is 2.43 bits per heavy atom. The lowest BCUT2D eigenvalue weighted by Gasteiger charge is -2.11. The third-order valence-electron chi connectivity index (χ3n) is 4.59. The molecular formula is C21H24N2O6S. The Hall–Kier alpha value is -2.91. The van der Waals surface area contributed by atoms with E-state index in [1.54, 1.807) is 24.3 Å². The molecule has 0 unspecified atom stereocenters. The summed E-state index contributed by atoms with van der Waals surface area (Å²) in [6.07, 6.45) is 1.88. The Bertz CT molecular complexity index is 981. The van der Waals surface area contributed by atoms with Gasteiger partial charge in [0.25, 0.3) is 15.9 Å². The molecule has 1 fully saturated rings. The van der Waals surface area contributed by atoms with Gasteiger partial charge >= 0.3 is 5.97 Å². The lowest BCUT2D eigenvalue weighted by atomic mass is 10.2. The number of nitrogens with one attached hydrogen (secondary N) is 2. The van der Waals surface area contributed by atoms with Gasteiger partial charge < -0.3 is 14.8 Å². The van der Waals surface area contributed by atoms with Crippen molar-refractivity contribution in [2.24, 2.45) is 0 Å². The van der Waals surface area contributed by atoms with E-state index in [4.69, 9.17) is 9.47 Å². The van der Waals surface area contributed by atoms with E-state index in [9.17, 15) is 18.0 Å². The number of benzene rings is 2. The molecule has 0 spiro atoms. The molecule has 0 bridgehead atoms. The van der Waals surface area contributed by atoms with Crippen LogP contribution in [0, 0.1) is 6.92 Å². The van der Waals surface area contributed by atoms with Crippen LogP contribution in [0.1, 0.15) is 28.8 Å². The normalized spacial score (nSPS) is 16.1. The minimum absolute atomic E-state index is 0.00710. The molecule has 30 heavy (non-hydrogen) atoms. The number of carbonyl (C=O) groups excluding carboxylic acids is 2. The molecule has 2 N–H and O–H groups in total. The molecule has 1 amide bonds. The number of amides is 1. The maximum absolute atomic E-state index is 12.5. The van der Waals surface area contributed by atoms with E-state index in [1.807, 2.05) is 6.92 Å². The van der Waals surface area contributed by atoms with Crippen molar-refractivity contribution in [1.29, 1.82) is 0 Å². The molecule has 1 atom stereocenters. The molecule has 0 aliphatic carbocycles. The lowest BCUT2D eigenvalue weighted by molar-refractivity contribution is -0.124. The highest BCUT2D eigenvalue weighted by Gasteiger charge is 2.18. The molecule has 2 aromatic rings. The van der Waals surface area contributed by atoms with E-state index in [1.165, 1.54) is 24.3 Å². The maximum Gasteiger partial charge on any atom is 0.338 e. The minimum Gasteiger partial charge on any atom is -0.452 e. The third-order valence-corrected chi connectivity index (χ3v) is 5.99. The van der Waals surface area contributed by atoms with Crippen LogP contribution in [0.15, 0.2) is 53.4 Å². The van der Waals surface area contributed by atoms with Gasteiger partial charge in [0.1, 0.15) is 0 Å². The van der Waals surface area contributed by atoms with Gasteiger partial charge in [-0.3, -0.25) is 9.52 Å². The third kappa shape index (κ3) is 6.04. The predicted molar refractivity (Wildman–Crippen MR) is 111 cm³/mol. The van der Waals surface area contributed by atoms with Crippen molar-refractivity contribution in [2.75, 3.05) is 24.5 Å². The summed E-state index contributed by atoms with van der Waals surface area (Å²) in [5.74, 6) is -1.13. The highest BCUT2D eigenvalue weighted by Crippen LogP contribution is 2.17. The first-order valence-corrected chi connectivity index (χ1v) is 11.1. The van der Waals surface area contributed by atoms with Crippen LogP contribution in [0.2, 0.25) is 0 Å². The molecule has 2 aromatic carbocycles. The summed E-state index contributed by atoms with van der Waals surface area (Å²) < 4.78 is 37.8. The summed E-state index contributed by atoms with van der Waals surface area (Å²) in [6, 6.07) is 12.2. The van der Waals surface area contributed by atoms with Gasteiger partial charge in [0.15, 0.2) is 6.61 Å². The quantitative estimate of drug-likeness (QED) is 0.619. The first-order valence-electron chi connectivity index (χ1n) is 9.58. The molecule has 160 valence electrons. The van der Waals surface area contributed by atoms with Crippen LogP contribution >= 0.6 is 0 Å². The molecule has 9 heteroatoms. The van der Waals surface area contributed by atoms with Gasteiger partial charge in [-0.2, -0.15) is 0 Å². The number of hydrogen-bond donors (Lipinski definition) is 2. The number of hydrogen-bond acceptors (Lipinski definition) is 6. The summed E-state index contributed by atoms with van der Waals surface area (Å²) in [7, 11) is -3.79. The van der Waals surface area contributed by atoms with Crippen LogP contribution in [0.5, 0.6) is 0 Å². The Morgan fingerprint density at radius 2 is 1.80 bits per heavy atom. The number of aryl methyl sites for hydroxylation is 1. The van der Waals surface area contributed by atoms with E-state index in [0.29, 0.717) is 18.8 Å². The van der Waals surface area contributed by atoms with Crippen LogP contribution < -0.4 is 10.0 Å². The average Bonchev–Trinajstić information content (AvgIpc) is 3.26. The summed E-state index contributed by atoms with van der Waals surface area (Å²) in [5, 5.41) is 2.66. The van der Waals surface area contributed by atoms with Crippen LogP contribution in [0.4, 0.5) is 5.69 Å². The van der Waals surface area contributed by atoms with Gasteiger partial charge in [0, 0.05) is 18.8 Å². The molecule has 8 nitrogen and oxygen atoms in total. The summed E-state index contributed by atoms with van der Waals surface area (Å²) in [6.45, 7) is 2.57. The Morgan fingerprint density at radius 1 is 1.10 bits per heavy atom. The van der Waals surface area contributed by atoms with Gasteiger partial charge in [-0.1, -0.05) is 17.7 Å². The number of rotatable bonds is 8. The number of carbonyl (C=O) groups is 2. The largest absolute Gasteiger partial charge is 0.452 e. The zero-order valence-corrected chi connectivity index (χ0v) is 17.4. The monoisotopic (exact) mass is 432 g/mol. The highest BCUT2D eigenvalue weighted by molar-refractivity contribution is 7.92. The number of esters is 1. The second kappa shape index (κ2) is 9.73. The standard InChI is InChI=1S/C21H24N2O6S/c1-15-4-8-17(9-5-15)23-30(26,27)19-10-6-16(7-11-19)21(25)29-14-20(24)22-13-18-3-2-12-28-18/h4-11,18,23H,2-3,12-14H2,1H3,(H,22,24)/t18-/m0/s1. The first kappa shape index (κ1) is 21.8. The van der Waals surface area contributed by atoms with Crippen molar-refractivity contribution in [2.45, 2.75) is 30.8 Å². The van der Waals surface area contributed by atoms with Crippen LogP contribution in [0.25, 0.3) is 0 Å². The molecule has 1 aliphatic heterocycles. The van der Waals surface area contributed by atoms with Crippen LogP contribution in [0.3, 0.4) is 0 Å². The lowest BCUT2D eigenvalue weighted by Crippen LogP contribution is -2.34. The Kier molecular flexibility index (Phi) is 7.07. The van der Waals surface area contributed by atoms with E-state index >= 15 is 0 Å². The fraction of sp³-hybridized carbons (Fsp3) is 0.333. The van der Waals surface area contributed by atoms with Crippen molar-refractivity contribution >= 4 is 27.6 Å². The van der Waals surface area contributed by atoms with Gasteiger partial charge in [-0.05, 0) is 56.2 Å². The van der Waals surface area contributed by atoms with E-state index in [0.717, 1.165) is 18.4 Å². The topological polar surface area (TPSA) is 111 Å². The minimum atomic E-state index is -3.79. The molecule has 0 saturated carbocycles. The Balaban J connectivity index is 1.51. The van der Waals surface area contributed by atoms with Gasteiger partial charge in [0.2, 0.25) is 0 Å². The van der Waals surface area contributed by atoms with E-state index in [2.05, 4.69) is 10.0 Å². The van der Waals surface area contributed by atoms with Gasteiger partial charge in [-0.15, -0.1) is 0 Å². The summed E-state index contributed by atoms with van der Waals surface area (Å²) >= 11 is 0. The van der Waals surface area contributed by atoms with Gasteiger partial charge in [-0.25, -0.2) is 13.2 Å². The van der Waals surface area contributed by atoms with Crippen LogP contribution in [-0.2, 0) is 24.3 Å². The first-order chi connectivity index (χ1) is 14.3. The van der Waals surface area contributed by atoms with Crippen molar-refractivity contribution in [3.63, 3.8) is 0 Å². The average molecular weight is 432 g/mol. The zero-order chi connectivity index (χ0) is 21.6. The van der Waals surface area contributed by atoms with Crippen molar-refractivity contribution in [3.8, 4) is 0 Å². The number of anilines is 1. The smallest absolute Gasteiger partial charge is 0.338 e. The molecule has 3 rings (SSSR count). The fourth-order valence-electron chi connectivity index (χ4n) is 2.90. The molecule has 0 aromatic heterocycles. The van der Waals surface area contributed by atoms with Crippen LogP contribution in [-0.4, -0.2) is 46.2 Å². The van der Waals surface area contributed by atoms with Crippen molar-refractivity contribution < 1.29 is 27.5 Å². The van der Waals surface area contributed by atoms with E-state index in [-0.39, 0.29) is 16.6 Å². The maximum atomic E-state index is 12.5. The Labute approximate surface area is 175 Å². The SMILES string of the molecule is Cc1ccc(NS(=O)(=O)c2ccc(C(=O)OCC(=O)NC[C@@H]3CCCO3)cc2)cc1. The molecule has 0 radical (unpaired) electrons. The summed E-state index contributed by atoms with van der Waals surface area (Å²) in [4.78, 5) is 23.9. The zero-order valence-electron chi connectivity index (χ0n) is 16.6. The molecule has 1 saturated heterocycles. The summed E-state index contributed by atoms with van der Waals surface area (Å²) in [5.41, 5.74) is 1.61. The second-order valence-corrected chi connectivity index (χ2v) is 8.69. The van der Waals surface area contributed by atoms with Gasteiger partial charge in [0.05, 0.1) is 16.6 Å². The van der Waals surface area contributed by atoms with Crippen molar-refractivity contribution in [1.82, 2.24) is 5.32 Å². The highest BCUT2D eigenvalue weighted by atomic mass is 32.2. The second-order valence-electron chi connectivity index (χ2n) is 7.01. The fourth-order valence-corrected chi connectivity index (χ4v) is 3.96. The predicted octanol–water partition coefficient (Wildman–Crippen LogP) is 2.25. The molecule has 1 aliphatic rings. The molecule has 1 heterocycles. The number of sulfonamides is 1. The van der Waals surface area contributed by atoms with E-state index < -0.39 is 28.5 Å². The van der Waals surface area contributed by atoms with Crippen molar-refractivity contribution in [3.05, 3.63) is 59.7 Å².